The molecule has 1 fully saturated rings. The van der Waals surface area contributed by atoms with Crippen LogP contribution in [-0.2, 0) is 15.3 Å². The monoisotopic (exact) mass is 535 g/mol. The molecule has 1 N–H and O–H groups in total. The van der Waals surface area contributed by atoms with Gasteiger partial charge in [-0.3, -0.25) is 14.5 Å². The summed E-state index contributed by atoms with van der Waals surface area (Å²) in [5, 5.41) is 19.6. The molecule has 1 amide bonds. The number of aromatic nitrogens is 2. The van der Waals surface area contributed by atoms with E-state index < -0.39 is 23.5 Å². The average molecular weight is 536 g/mol. The summed E-state index contributed by atoms with van der Waals surface area (Å²) in [5.41, 5.74) is 2.55. The molecule has 1 aliphatic heterocycles. The highest BCUT2D eigenvalue weighted by Gasteiger charge is 2.48. The number of Topliss-reactive ketones (excluding diaryl/α,β-unsaturated/α-hetero) is 1. The van der Waals surface area contributed by atoms with Gasteiger partial charge in [0.25, 0.3) is 5.78 Å². The maximum absolute atomic E-state index is 13.7. The topological polar surface area (TPSA) is 83.4 Å². The predicted molar refractivity (Wildman–Crippen MR) is 138 cm³/mol. The van der Waals surface area contributed by atoms with Crippen LogP contribution in [0.15, 0.2) is 82.7 Å². The molecule has 1 saturated heterocycles. The van der Waals surface area contributed by atoms with Gasteiger partial charge in [-0.2, -0.15) is 0 Å². The van der Waals surface area contributed by atoms with Crippen molar-refractivity contribution in [1.29, 1.82) is 0 Å². The van der Waals surface area contributed by atoms with Gasteiger partial charge in [-0.25, -0.2) is 8.78 Å². The number of hydrogen-bond acceptors (Lipinski definition) is 7. The second-order valence-electron chi connectivity index (χ2n) is 8.35. The lowest BCUT2D eigenvalue weighted by molar-refractivity contribution is -0.132. The summed E-state index contributed by atoms with van der Waals surface area (Å²) in [7, 11) is 0. The van der Waals surface area contributed by atoms with E-state index in [4.69, 9.17) is 0 Å². The van der Waals surface area contributed by atoms with E-state index in [0.29, 0.717) is 21.2 Å². The van der Waals surface area contributed by atoms with Gasteiger partial charge in [0, 0.05) is 11.3 Å². The Bertz CT molecular complexity index is 1500. The van der Waals surface area contributed by atoms with Crippen LogP contribution in [0.25, 0.3) is 5.76 Å². The molecule has 4 aromatic rings. The fourth-order valence-corrected chi connectivity index (χ4v) is 5.76. The highest BCUT2D eigenvalue weighted by atomic mass is 32.2. The Hall–Kier alpha value is -3.89. The van der Waals surface area contributed by atoms with Crippen LogP contribution in [0.2, 0.25) is 0 Å². The molecule has 37 heavy (non-hydrogen) atoms. The Balaban J connectivity index is 1.53. The molecule has 5 rings (SSSR count). The van der Waals surface area contributed by atoms with Crippen LogP contribution in [0.3, 0.4) is 0 Å². The van der Waals surface area contributed by atoms with Crippen molar-refractivity contribution in [2.75, 3.05) is 4.90 Å². The summed E-state index contributed by atoms with van der Waals surface area (Å²) in [6.07, 6.45) is 0. The van der Waals surface area contributed by atoms with E-state index in [1.165, 1.54) is 53.1 Å². The van der Waals surface area contributed by atoms with E-state index in [0.717, 1.165) is 22.5 Å². The first-order valence-corrected chi connectivity index (χ1v) is 13.0. The number of benzene rings is 3. The number of thioether (sulfide) groups is 1. The van der Waals surface area contributed by atoms with Crippen LogP contribution in [0.1, 0.15) is 28.3 Å². The number of carbonyl (C=O) groups excluding carboxylic acids is 2. The molecule has 0 spiro atoms. The van der Waals surface area contributed by atoms with Crippen LogP contribution in [0.5, 0.6) is 0 Å². The number of anilines is 1. The third-order valence-electron chi connectivity index (χ3n) is 5.83. The smallest absolute Gasteiger partial charge is 0.301 e. The molecule has 1 atom stereocenters. The van der Waals surface area contributed by atoms with Gasteiger partial charge in [-0.1, -0.05) is 77.2 Å². The Morgan fingerprint density at radius 2 is 1.57 bits per heavy atom. The van der Waals surface area contributed by atoms with E-state index in [9.17, 15) is 23.5 Å². The standard InChI is InChI=1S/C27H19F2N3O3S2/c1-15-2-6-18(7-3-15)23(33)21-22(17-8-12-20(29)13-9-17)32(25(35)24(21)34)26-30-31-27(37-26)36-14-16-4-10-19(28)11-5-16/h2-13,22,33H,14H2,1H3/b23-21-. The first kappa shape index (κ1) is 24.8. The number of nitrogens with zero attached hydrogens (tertiary/aromatic N) is 3. The van der Waals surface area contributed by atoms with Crippen molar-refractivity contribution in [3.8, 4) is 0 Å². The largest absolute Gasteiger partial charge is 0.507 e. The first-order chi connectivity index (χ1) is 17.8. The minimum Gasteiger partial charge on any atom is -0.507 e. The Labute approximate surface area is 219 Å². The van der Waals surface area contributed by atoms with Crippen molar-refractivity contribution in [3.63, 3.8) is 0 Å². The summed E-state index contributed by atoms with van der Waals surface area (Å²) in [6.45, 7) is 1.89. The lowest BCUT2D eigenvalue weighted by Crippen LogP contribution is -2.29. The van der Waals surface area contributed by atoms with E-state index in [1.54, 1.807) is 36.4 Å². The zero-order chi connectivity index (χ0) is 26.1. The second kappa shape index (κ2) is 10.2. The molecule has 3 aromatic carbocycles. The van der Waals surface area contributed by atoms with Crippen LogP contribution >= 0.6 is 23.1 Å². The molecule has 2 heterocycles. The molecule has 186 valence electrons. The van der Waals surface area contributed by atoms with Crippen molar-refractivity contribution in [2.45, 2.75) is 23.1 Å². The third kappa shape index (κ3) is 5.03. The fraction of sp³-hybridized carbons (Fsp3) is 0.111. The van der Waals surface area contributed by atoms with Crippen molar-refractivity contribution in [1.82, 2.24) is 10.2 Å². The van der Waals surface area contributed by atoms with Gasteiger partial charge in [0.05, 0.1) is 11.6 Å². The maximum Gasteiger partial charge on any atom is 0.301 e. The number of aliphatic hydroxyl groups is 1. The van der Waals surface area contributed by atoms with E-state index in [2.05, 4.69) is 10.2 Å². The number of ketones is 1. The molecule has 10 heteroatoms. The molecule has 6 nitrogen and oxygen atoms in total. The Morgan fingerprint density at radius 3 is 2.22 bits per heavy atom. The summed E-state index contributed by atoms with van der Waals surface area (Å²) in [4.78, 5) is 27.6. The van der Waals surface area contributed by atoms with Crippen LogP contribution in [0, 0.1) is 18.6 Å². The van der Waals surface area contributed by atoms with Gasteiger partial charge in [0.2, 0.25) is 5.13 Å². The van der Waals surface area contributed by atoms with Gasteiger partial charge in [0.1, 0.15) is 17.4 Å². The normalized spacial score (nSPS) is 16.9. The zero-order valence-electron chi connectivity index (χ0n) is 19.4. The minimum atomic E-state index is -1.02. The lowest BCUT2D eigenvalue weighted by atomic mass is 9.95. The van der Waals surface area contributed by atoms with Gasteiger partial charge in [-0.05, 0) is 42.3 Å². The van der Waals surface area contributed by atoms with E-state index >= 15 is 0 Å². The van der Waals surface area contributed by atoms with Crippen LogP contribution in [-0.4, -0.2) is 27.0 Å². The Kier molecular flexibility index (Phi) is 6.86. The number of aryl methyl sites for hydroxylation is 1. The zero-order valence-corrected chi connectivity index (χ0v) is 21.0. The van der Waals surface area contributed by atoms with Crippen molar-refractivity contribution in [3.05, 3.63) is 112 Å². The fourth-order valence-electron chi connectivity index (χ4n) is 3.94. The molecular formula is C27H19F2N3O3S2. The predicted octanol–water partition coefficient (Wildman–Crippen LogP) is 6.04. The number of amides is 1. The first-order valence-electron chi connectivity index (χ1n) is 11.2. The molecule has 0 saturated carbocycles. The van der Waals surface area contributed by atoms with E-state index in [-0.39, 0.29) is 22.3 Å². The molecule has 0 bridgehead atoms. The minimum absolute atomic E-state index is 0.115. The lowest BCUT2D eigenvalue weighted by Gasteiger charge is -2.22. The van der Waals surface area contributed by atoms with Crippen molar-refractivity contribution in [2.24, 2.45) is 0 Å². The number of rotatable bonds is 6. The molecular weight excluding hydrogens is 516 g/mol. The summed E-state index contributed by atoms with van der Waals surface area (Å²) in [5.74, 6) is -2.37. The van der Waals surface area contributed by atoms with Gasteiger partial charge < -0.3 is 5.11 Å². The number of hydrogen-bond donors (Lipinski definition) is 1. The molecule has 0 aliphatic carbocycles. The van der Waals surface area contributed by atoms with Crippen LogP contribution in [0.4, 0.5) is 13.9 Å². The quantitative estimate of drug-likeness (QED) is 0.107. The number of carbonyl (C=O) groups is 2. The summed E-state index contributed by atoms with van der Waals surface area (Å²) in [6, 6.07) is 17.3. The van der Waals surface area contributed by atoms with Crippen LogP contribution < -0.4 is 4.90 Å². The number of aliphatic hydroxyl groups excluding tert-OH is 1. The highest BCUT2D eigenvalue weighted by molar-refractivity contribution is 8.00. The van der Waals surface area contributed by atoms with Gasteiger partial charge in [-0.15, -0.1) is 10.2 Å². The maximum atomic E-state index is 13.7. The molecule has 0 radical (unpaired) electrons. The average Bonchev–Trinajstić information content (AvgIpc) is 3.46. The molecule has 1 aliphatic rings. The Morgan fingerprint density at radius 1 is 0.946 bits per heavy atom. The van der Waals surface area contributed by atoms with Crippen molar-refractivity contribution >= 4 is 45.7 Å². The van der Waals surface area contributed by atoms with Gasteiger partial charge in [0.15, 0.2) is 4.34 Å². The summed E-state index contributed by atoms with van der Waals surface area (Å²) >= 11 is 2.47. The summed E-state index contributed by atoms with van der Waals surface area (Å²) < 4.78 is 27.4. The molecule has 1 unspecified atom stereocenters. The van der Waals surface area contributed by atoms with Gasteiger partial charge >= 0.3 is 5.91 Å². The highest BCUT2D eigenvalue weighted by Crippen LogP contribution is 2.44. The second-order valence-corrected chi connectivity index (χ2v) is 10.5. The van der Waals surface area contributed by atoms with E-state index in [1.807, 2.05) is 6.92 Å². The molecule has 1 aromatic heterocycles. The SMILES string of the molecule is Cc1ccc(/C(O)=C2/C(=O)C(=O)N(c3nnc(SCc4ccc(F)cc4)s3)C2c2ccc(F)cc2)cc1. The van der Waals surface area contributed by atoms with Crippen molar-refractivity contribution < 1.29 is 23.5 Å². The third-order valence-corrected chi connectivity index (χ3v) is 7.96. The number of halogens is 2.